The van der Waals surface area contributed by atoms with Gasteiger partial charge in [0.2, 0.25) is 0 Å². The SMILES string of the molecule is CC(C)(C)c1ccc(N2c3cc4c(cc3B3c5cc(C(C)(C)C)ccc5Oc5cc(-c6cc(C(C)(C)C)cc(C(C)(C)C)c6)cc2c53)C(C)(C)c2ccc3c(c2-4)CCC3)cc1. The van der Waals surface area contributed by atoms with Crippen LogP contribution in [0.3, 0.4) is 0 Å². The molecule has 2 heterocycles. The van der Waals surface area contributed by atoms with E-state index in [0.717, 1.165) is 17.9 Å². The molecule has 0 N–H and O–H groups in total. The molecular weight excluding hydrogens is 737 g/mol. The second kappa shape index (κ2) is 13.0. The Kier molecular flexibility index (Phi) is 8.55. The van der Waals surface area contributed by atoms with Crippen molar-refractivity contribution >= 4 is 40.2 Å². The van der Waals surface area contributed by atoms with Gasteiger partial charge >= 0.3 is 0 Å². The van der Waals surface area contributed by atoms with Gasteiger partial charge < -0.3 is 9.64 Å². The lowest BCUT2D eigenvalue weighted by atomic mass is 9.33. The number of aryl methyl sites for hydroxylation is 1. The molecule has 0 saturated heterocycles. The van der Waals surface area contributed by atoms with E-state index < -0.39 is 0 Å². The number of ether oxygens (including phenoxy) is 1. The van der Waals surface area contributed by atoms with Crippen LogP contribution < -0.4 is 26.0 Å². The second-order valence-electron chi connectivity index (χ2n) is 23.4. The fourth-order valence-corrected chi connectivity index (χ4v) is 10.8. The summed E-state index contributed by atoms with van der Waals surface area (Å²) in [5.74, 6) is 1.91. The quantitative estimate of drug-likeness (QED) is 0.161. The minimum Gasteiger partial charge on any atom is -0.458 e. The van der Waals surface area contributed by atoms with E-state index in [2.05, 4.69) is 199 Å². The summed E-state index contributed by atoms with van der Waals surface area (Å²) in [6, 6.07) is 38.6. The molecule has 0 aromatic heterocycles. The fraction of sp³-hybridized carbons (Fsp3) is 0.379. The van der Waals surface area contributed by atoms with Gasteiger partial charge in [-0.3, -0.25) is 0 Å². The summed E-state index contributed by atoms with van der Waals surface area (Å²) in [5.41, 5.74) is 24.2. The minimum absolute atomic E-state index is 0.00577. The van der Waals surface area contributed by atoms with Crippen LogP contribution in [0.4, 0.5) is 17.1 Å². The van der Waals surface area contributed by atoms with Gasteiger partial charge in [-0.05, 0) is 160 Å². The number of hydrogen-bond donors (Lipinski definition) is 0. The smallest absolute Gasteiger partial charge is 0.256 e. The van der Waals surface area contributed by atoms with Gasteiger partial charge in [0.05, 0.1) is 0 Å². The van der Waals surface area contributed by atoms with Crippen molar-refractivity contribution in [1.82, 2.24) is 0 Å². The highest BCUT2D eigenvalue weighted by Crippen LogP contribution is 2.54. The van der Waals surface area contributed by atoms with Crippen molar-refractivity contribution in [3.63, 3.8) is 0 Å². The van der Waals surface area contributed by atoms with E-state index in [-0.39, 0.29) is 33.8 Å². The fourth-order valence-electron chi connectivity index (χ4n) is 10.8. The first-order valence-electron chi connectivity index (χ1n) is 22.9. The molecule has 6 aromatic rings. The molecule has 0 amide bonds. The highest BCUT2D eigenvalue weighted by atomic mass is 16.5. The summed E-state index contributed by atoms with van der Waals surface area (Å²) in [5, 5.41) is 0. The zero-order valence-electron chi connectivity index (χ0n) is 39.3. The van der Waals surface area contributed by atoms with Gasteiger partial charge in [0, 0.05) is 22.5 Å². The molecule has 4 aliphatic rings. The highest BCUT2D eigenvalue weighted by molar-refractivity contribution is 6.99. The van der Waals surface area contributed by atoms with Crippen molar-refractivity contribution in [2.75, 3.05) is 4.90 Å². The van der Waals surface area contributed by atoms with Crippen molar-refractivity contribution in [2.24, 2.45) is 0 Å². The molecule has 2 aliphatic heterocycles. The van der Waals surface area contributed by atoms with Crippen LogP contribution in [-0.2, 0) is 39.9 Å². The van der Waals surface area contributed by atoms with Gasteiger partial charge in [-0.1, -0.05) is 158 Å². The van der Waals surface area contributed by atoms with Gasteiger partial charge in [0.15, 0.2) is 0 Å². The molecule has 61 heavy (non-hydrogen) atoms. The van der Waals surface area contributed by atoms with Crippen LogP contribution >= 0.6 is 0 Å². The van der Waals surface area contributed by atoms with E-state index in [1.165, 1.54) is 107 Å². The van der Waals surface area contributed by atoms with Crippen molar-refractivity contribution in [3.05, 3.63) is 142 Å². The molecule has 2 aliphatic carbocycles. The molecule has 0 atom stereocenters. The van der Waals surface area contributed by atoms with Crippen LogP contribution in [0.1, 0.15) is 148 Å². The van der Waals surface area contributed by atoms with Crippen LogP contribution in [0.25, 0.3) is 22.3 Å². The van der Waals surface area contributed by atoms with E-state index in [1.54, 1.807) is 5.56 Å². The largest absolute Gasteiger partial charge is 0.458 e. The van der Waals surface area contributed by atoms with Crippen LogP contribution in [0.15, 0.2) is 97.1 Å². The lowest BCUT2D eigenvalue weighted by molar-refractivity contribution is 0.486. The maximum absolute atomic E-state index is 7.22. The predicted molar refractivity (Wildman–Crippen MR) is 262 cm³/mol. The van der Waals surface area contributed by atoms with Crippen LogP contribution in [-0.4, -0.2) is 6.71 Å². The normalized spacial score (nSPS) is 16.0. The zero-order chi connectivity index (χ0) is 43.3. The average Bonchev–Trinajstić information content (AvgIpc) is 3.75. The molecule has 2 nitrogen and oxygen atoms in total. The Hall–Kier alpha value is -5.02. The molecule has 310 valence electrons. The Balaban J connectivity index is 1.31. The Labute approximate surface area is 366 Å². The number of nitrogens with zero attached hydrogens (tertiary/aromatic N) is 1. The molecule has 3 heteroatoms. The Bertz CT molecular complexity index is 2780. The summed E-state index contributed by atoms with van der Waals surface area (Å²) in [7, 11) is 0. The average molecular weight is 802 g/mol. The molecule has 6 aromatic carbocycles. The molecule has 0 unspecified atom stereocenters. The van der Waals surface area contributed by atoms with E-state index in [1.807, 2.05) is 0 Å². The van der Waals surface area contributed by atoms with Crippen LogP contribution in [0.2, 0.25) is 0 Å². The lowest BCUT2D eigenvalue weighted by Crippen LogP contribution is -2.60. The molecule has 0 radical (unpaired) electrons. The zero-order valence-corrected chi connectivity index (χ0v) is 39.3. The summed E-state index contributed by atoms with van der Waals surface area (Å²) in [6.45, 7) is 32.8. The third-order valence-electron chi connectivity index (χ3n) is 14.7. The molecule has 0 fully saturated rings. The first-order valence-corrected chi connectivity index (χ1v) is 22.9. The number of benzene rings is 6. The Morgan fingerprint density at radius 3 is 1.79 bits per heavy atom. The van der Waals surface area contributed by atoms with Crippen molar-refractivity contribution in [2.45, 2.75) is 143 Å². The number of rotatable bonds is 2. The first kappa shape index (κ1) is 40.1. The lowest BCUT2D eigenvalue weighted by Gasteiger charge is -2.41. The number of fused-ring (bicyclic) bond motifs is 9. The van der Waals surface area contributed by atoms with E-state index in [9.17, 15) is 0 Å². The monoisotopic (exact) mass is 802 g/mol. The van der Waals surface area contributed by atoms with Crippen LogP contribution in [0, 0.1) is 0 Å². The summed E-state index contributed by atoms with van der Waals surface area (Å²) < 4.78 is 7.22. The van der Waals surface area contributed by atoms with Gasteiger partial charge in [-0.15, -0.1) is 0 Å². The van der Waals surface area contributed by atoms with E-state index in [0.29, 0.717) is 0 Å². The van der Waals surface area contributed by atoms with Crippen molar-refractivity contribution in [1.29, 1.82) is 0 Å². The number of hydrogen-bond acceptors (Lipinski definition) is 2. The molecule has 0 bridgehead atoms. The van der Waals surface area contributed by atoms with Gasteiger partial charge in [0.1, 0.15) is 11.5 Å². The molecule has 10 rings (SSSR count). The van der Waals surface area contributed by atoms with E-state index >= 15 is 0 Å². The topological polar surface area (TPSA) is 12.5 Å². The summed E-state index contributed by atoms with van der Waals surface area (Å²) in [4.78, 5) is 2.59. The maximum atomic E-state index is 7.22. The standard InChI is InChI=1S/C58H64BNO/c1-54(2,3)37-19-22-41(23-20-37)60-48-32-43-45(58(13,14)44-24-18-34-16-15-17-42(34)52(43)44)33-46(48)59-47-31-38(55(4,5)6)21-25-50(47)61-51-29-36(28-49(60)53(51)59)35-26-39(56(7,8)9)30-40(27-35)57(10,11)12/h18-33H,15-17H2,1-14H3. The highest BCUT2D eigenvalue weighted by Gasteiger charge is 2.46. The number of anilines is 3. The van der Waals surface area contributed by atoms with E-state index in [4.69, 9.17) is 4.74 Å². The van der Waals surface area contributed by atoms with Gasteiger partial charge in [-0.2, -0.15) is 0 Å². The molecule has 0 saturated carbocycles. The van der Waals surface area contributed by atoms with Crippen molar-refractivity contribution < 1.29 is 4.74 Å². The first-order chi connectivity index (χ1) is 28.5. The third kappa shape index (κ3) is 6.26. The summed E-state index contributed by atoms with van der Waals surface area (Å²) >= 11 is 0. The maximum Gasteiger partial charge on any atom is 0.256 e. The van der Waals surface area contributed by atoms with Gasteiger partial charge in [-0.25, -0.2) is 0 Å². The summed E-state index contributed by atoms with van der Waals surface area (Å²) in [6.07, 6.45) is 3.57. The predicted octanol–water partition coefficient (Wildman–Crippen LogP) is 13.7. The minimum atomic E-state index is -0.118. The molecular formula is C58H64BNO. The Morgan fingerprint density at radius 1 is 0.525 bits per heavy atom. The van der Waals surface area contributed by atoms with Crippen LogP contribution in [0.5, 0.6) is 11.5 Å². The van der Waals surface area contributed by atoms with Gasteiger partial charge in [0.25, 0.3) is 6.71 Å². The van der Waals surface area contributed by atoms with Crippen molar-refractivity contribution in [3.8, 4) is 33.8 Å². The second-order valence-corrected chi connectivity index (χ2v) is 23.4. The Morgan fingerprint density at radius 2 is 1.15 bits per heavy atom. The molecule has 0 spiro atoms. The third-order valence-corrected chi connectivity index (χ3v) is 14.7.